The maximum absolute atomic E-state index is 5.36. The van der Waals surface area contributed by atoms with Crippen molar-refractivity contribution < 1.29 is 4.74 Å². The zero-order valence-corrected chi connectivity index (χ0v) is 13.3. The quantitative estimate of drug-likeness (QED) is 0.915. The molecule has 3 rings (SSSR count). The van der Waals surface area contributed by atoms with Gasteiger partial charge in [0.25, 0.3) is 0 Å². The SMILES string of the molecule is COc1ccc2nc(C)c(Br)c(N3CCNCC3)c2c1. The summed E-state index contributed by atoms with van der Waals surface area (Å²) in [4.78, 5) is 7.08. The van der Waals surface area contributed by atoms with Gasteiger partial charge in [-0.2, -0.15) is 0 Å². The van der Waals surface area contributed by atoms with E-state index in [-0.39, 0.29) is 0 Å². The number of aryl methyl sites for hydroxylation is 1. The fourth-order valence-corrected chi connectivity index (χ4v) is 3.20. The summed E-state index contributed by atoms with van der Waals surface area (Å²) in [7, 11) is 1.70. The van der Waals surface area contributed by atoms with E-state index in [4.69, 9.17) is 4.74 Å². The Morgan fingerprint density at radius 3 is 2.75 bits per heavy atom. The van der Waals surface area contributed by atoms with Crippen molar-refractivity contribution in [1.82, 2.24) is 10.3 Å². The van der Waals surface area contributed by atoms with Gasteiger partial charge in [0.1, 0.15) is 5.75 Å². The summed E-state index contributed by atoms with van der Waals surface area (Å²) >= 11 is 3.72. The second kappa shape index (κ2) is 5.58. The highest BCUT2D eigenvalue weighted by molar-refractivity contribution is 9.10. The molecule has 4 nitrogen and oxygen atoms in total. The number of methoxy groups -OCH3 is 1. The molecule has 0 unspecified atom stereocenters. The molecule has 0 bridgehead atoms. The molecule has 2 aromatic rings. The van der Waals surface area contributed by atoms with E-state index in [2.05, 4.69) is 37.2 Å². The molecule has 0 atom stereocenters. The van der Waals surface area contributed by atoms with Crippen LogP contribution in [0.15, 0.2) is 22.7 Å². The van der Waals surface area contributed by atoms with E-state index < -0.39 is 0 Å². The summed E-state index contributed by atoms with van der Waals surface area (Å²) in [6, 6.07) is 6.06. The zero-order valence-electron chi connectivity index (χ0n) is 11.7. The number of halogens is 1. The number of anilines is 1. The number of rotatable bonds is 2. The van der Waals surface area contributed by atoms with Crippen LogP contribution in [0.2, 0.25) is 0 Å². The summed E-state index contributed by atoms with van der Waals surface area (Å²) in [5.74, 6) is 0.867. The molecular weight excluding hydrogens is 318 g/mol. The highest BCUT2D eigenvalue weighted by Crippen LogP contribution is 2.37. The lowest BCUT2D eigenvalue weighted by Gasteiger charge is -2.31. The van der Waals surface area contributed by atoms with Crippen molar-refractivity contribution in [3.63, 3.8) is 0 Å². The molecule has 1 aliphatic rings. The van der Waals surface area contributed by atoms with Crippen molar-refractivity contribution in [3.8, 4) is 5.75 Å². The third-order valence-corrected chi connectivity index (χ3v) is 4.66. The molecule has 0 saturated carbocycles. The number of pyridine rings is 1. The van der Waals surface area contributed by atoms with Crippen LogP contribution in [0.4, 0.5) is 5.69 Å². The van der Waals surface area contributed by atoms with Crippen LogP contribution >= 0.6 is 15.9 Å². The molecule has 5 heteroatoms. The normalized spacial score (nSPS) is 15.7. The van der Waals surface area contributed by atoms with Crippen molar-refractivity contribution in [2.75, 3.05) is 38.2 Å². The maximum atomic E-state index is 5.36. The minimum atomic E-state index is 0.867. The lowest BCUT2D eigenvalue weighted by atomic mass is 10.1. The lowest BCUT2D eigenvalue weighted by molar-refractivity contribution is 0.415. The fourth-order valence-electron chi connectivity index (χ4n) is 2.65. The number of hydrogen-bond acceptors (Lipinski definition) is 4. The number of benzene rings is 1. The minimum Gasteiger partial charge on any atom is -0.497 e. The maximum Gasteiger partial charge on any atom is 0.119 e. The molecule has 1 N–H and O–H groups in total. The number of hydrogen-bond donors (Lipinski definition) is 1. The number of ether oxygens (including phenoxy) is 1. The van der Waals surface area contributed by atoms with Gasteiger partial charge in [0.05, 0.1) is 28.5 Å². The van der Waals surface area contributed by atoms with Gasteiger partial charge in [0.15, 0.2) is 0 Å². The first-order chi connectivity index (χ1) is 9.70. The summed E-state index contributed by atoms with van der Waals surface area (Å²) in [6.07, 6.45) is 0. The second-order valence-corrected chi connectivity index (χ2v) is 5.77. The highest BCUT2D eigenvalue weighted by Gasteiger charge is 2.19. The Hall–Kier alpha value is -1.33. The third-order valence-electron chi connectivity index (χ3n) is 3.71. The molecule has 1 aliphatic heterocycles. The summed E-state index contributed by atoms with van der Waals surface area (Å²) in [5, 5.41) is 4.53. The molecule has 1 aromatic carbocycles. The Morgan fingerprint density at radius 1 is 1.30 bits per heavy atom. The van der Waals surface area contributed by atoms with E-state index in [1.807, 2.05) is 19.1 Å². The third kappa shape index (κ3) is 2.36. The fraction of sp³-hybridized carbons (Fsp3) is 0.400. The molecule has 1 fully saturated rings. The summed E-state index contributed by atoms with van der Waals surface area (Å²) < 4.78 is 6.44. The smallest absolute Gasteiger partial charge is 0.119 e. The first kappa shape index (κ1) is 13.6. The van der Waals surface area contributed by atoms with Gasteiger partial charge < -0.3 is 15.0 Å². The Balaban J connectivity index is 2.22. The molecular formula is C15H18BrN3O. The molecule has 106 valence electrons. The monoisotopic (exact) mass is 335 g/mol. The van der Waals surface area contributed by atoms with E-state index in [9.17, 15) is 0 Å². The van der Waals surface area contributed by atoms with E-state index in [0.29, 0.717) is 0 Å². The van der Waals surface area contributed by atoms with Gasteiger partial charge >= 0.3 is 0 Å². The van der Waals surface area contributed by atoms with Crippen LogP contribution in [-0.4, -0.2) is 38.3 Å². The largest absolute Gasteiger partial charge is 0.497 e. The van der Waals surface area contributed by atoms with Crippen molar-refractivity contribution >= 4 is 32.5 Å². The number of aromatic nitrogens is 1. The Bertz CT molecular complexity index is 639. The van der Waals surface area contributed by atoms with Crippen LogP contribution < -0.4 is 15.0 Å². The number of fused-ring (bicyclic) bond motifs is 1. The van der Waals surface area contributed by atoms with Crippen LogP contribution in [0.3, 0.4) is 0 Å². The molecule has 0 amide bonds. The Morgan fingerprint density at radius 2 is 2.05 bits per heavy atom. The number of nitrogens with zero attached hydrogens (tertiary/aromatic N) is 2. The second-order valence-electron chi connectivity index (χ2n) is 4.98. The number of nitrogens with one attached hydrogen (secondary N) is 1. The van der Waals surface area contributed by atoms with Gasteiger partial charge in [-0.05, 0) is 41.1 Å². The number of piperazine rings is 1. The van der Waals surface area contributed by atoms with Crippen molar-refractivity contribution in [2.45, 2.75) is 6.92 Å². The predicted octanol–water partition coefficient (Wildman–Crippen LogP) is 2.72. The lowest BCUT2D eigenvalue weighted by Crippen LogP contribution is -2.43. The van der Waals surface area contributed by atoms with Crippen molar-refractivity contribution in [1.29, 1.82) is 0 Å². The zero-order chi connectivity index (χ0) is 14.1. The van der Waals surface area contributed by atoms with Gasteiger partial charge in [0.2, 0.25) is 0 Å². The van der Waals surface area contributed by atoms with Gasteiger partial charge in [-0.3, -0.25) is 4.98 Å². The van der Waals surface area contributed by atoms with Crippen LogP contribution in [0, 0.1) is 6.92 Å². The predicted molar refractivity (Wildman–Crippen MR) is 85.8 cm³/mol. The average Bonchev–Trinajstić information content (AvgIpc) is 2.49. The van der Waals surface area contributed by atoms with Crippen molar-refractivity contribution in [3.05, 3.63) is 28.4 Å². The molecule has 0 spiro atoms. The summed E-state index contributed by atoms with van der Waals surface area (Å²) in [6.45, 7) is 6.08. The molecule has 0 aliphatic carbocycles. The van der Waals surface area contributed by atoms with Crippen LogP contribution in [0.5, 0.6) is 5.75 Å². The Labute approximate surface area is 127 Å². The van der Waals surface area contributed by atoms with Crippen LogP contribution in [-0.2, 0) is 0 Å². The van der Waals surface area contributed by atoms with Gasteiger partial charge in [-0.15, -0.1) is 0 Å². The van der Waals surface area contributed by atoms with Gasteiger partial charge in [-0.25, -0.2) is 0 Å². The van der Waals surface area contributed by atoms with Crippen LogP contribution in [0.25, 0.3) is 10.9 Å². The minimum absolute atomic E-state index is 0.867. The van der Waals surface area contributed by atoms with Crippen LogP contribution in [0.1, 0.15) is 5.69 Å². The molecule has 0 radical (unpaired) electrons. The standard InChI is InChI=1S/C15H18BrN3O/c1-10-14(16)15(19-7-5-17-6-8-19)12-9-11(20-2)3-4-13(12)18-10/h3-4,9,17H,5-8H2,1-2H3. The molecule has 1 saturated heterocycles. The van der Waals surface area contributed by atoms with Gasteiger partial charge in [-0.1, -0.05) is 0 Å². The van der Waals surface area contributed by atoms with Gasteiger partial charge in [0, 0.05) is 31.6 Å². The van der Waals surface area contributed by atoms with E-state index in [1.54, 1.807) is 7.11 Å². The first-order valence-electron chi connectivity index (χ1n) is 6.80. The van der Waals surface area contributed by atoms with Crippen molar-refractivity contribution in [2.24, 2.45) is 0 Å². The van der Waals surface area contributed by atoms with E-state index in [0.717, 1.165) is 53.0 Å². The van der Waals surface area contributed by atoms with E-state index >= 15 is 0 Å². The molecule has 1 aromatic heterocycles. The topological polar surface area (TPSA) is 37.4 Å². The first-order valence-corrected chi connectivity index (χ1v) is 7.59. The highest BCUT2D eigenvalue weighted by atomic mass is 79.9. The van der Waals surface area contributed by atoms with E-state index in [1.165, 1.54) is 5.69 Å². The molecule has 20 heavy (non-hydrogen) atoms. The summed E-state index contributed by atoms with van der Waals surface area (Å²) in [5.41, 5.74) is 3.27. The Kier molecular flexibility index (Phi) is 3.81. The average molecular weight is 336 g/mol. The molecule has 2 heterocycles.